The highest BCUT2D eigenvalue weighted by atomic mass is 32.2. The summed E-state index contributed by atoms with van der Waals surface area (Å²) in [5.41, 5.74) is 0. The summed E-state index contributed by atoms with van der Waals surface area (Å²) < 4.78 is 26.8. The van der Waals surface area contributed by atoms with E-state index >= 15 is 0 Å². The molecule has 5 nitrogen and oxygen atoms in total. The molecule has 1 fully saturated rings. The van der Waals surface area contributed by atoms with Gasteiger partial charge in [-0.2, -0.15) is 0 Å². The second-order valence-electron chi connectivity index (χ2n) is 3.29. The second-order valence-corrected chi connectivity index (χ2v) is 5.51. The smallest absolute Gasteiger partial charge is 0.319 e. The highest BCUT2D eigenvalue weighted by Gasteiger charge is 2.27. The molecule has 1 saturated heterocycles. The fourth-order valence-electron chi connectivity index (χ4n) is 1.40. The molecule has 0 radical (unpaired) electrons. The Morgan fingerprint density at radius 1 is 1.57 bits per heavy atom. The van der Waals surface area contributed by atoms with Gasteiger partial charge in [0, 0.05) is 6.04 Å². The van der Waals surface area contributed by atoms with Gasteiger partial charge in [0.2, 0.25) is 0 Å². The van der Waals surface area contributed by atoms with E-state index in [4.69, 9.17) is 4.74 Å². The van der Waals surface area contributed by atoms with E-state index in [-0.39, 0.29) is 30.1 Å². The monoisotopic (exact) mass is 221 g/mol. The third-order valence-electron chi connectivity index (χ3n) is 2.07. The molecule has 6 heteroatoms. The summed E-state index contributed by atoms with van der Waals surface area (Å²) in [6, 6.07) is -0.0931. The quantitative estimate of drug-likeness (QED) is 0.637. The summed E-state index contributed by atoms with van der Waals surface area (Å²) in [5, 5.41) is 2.87. The minimum atomic E-state index is -2.87. The molecule has 0 aliphatic carbocycles. The molecular weight excluding hydrogens is 206 g/mol. The molecule has 0 amide bonds. The van der Waals surface area contributed by atoms with E-state index in [1.807, 2.05) is 0 Å². The lowest BCUT2D eigenvalue weighted by molar-refractivity contribution is -0.142. The lowest BCUT2D eigenvalue weighted by Crippen LogP contribution is -2.35. The Morgan fingerprint density at radius 3 is 2.79 bits per heavy atom. The Kier molecular flexibility index (Phi) is 3.88. The van der Waals surface area contributed by atoms with Crippen LogP contribution in [0.3, 0.4) is 0 Å². The van der Waals surface area contributed by atoms with Crippen LogP contribution in [0.4, 0.5) is 0 Å². The first-order valence-electron chi connectivity index (χ1n) is 4.63. The largest absolute Gasteiger partial charge is 0.465 e. The Balaban J connectivity index is 2.24. The molecule has 0 bridgehead atoms. The number of ether oxygens (including phenoxy) is 1. The Labute approximate surface area is 83.7 Å². The van der Waals surface area contributed by atoms with Gasteiger partial charge in [-0.3, -0.25) is 4.79 Å². The number of carbonyl (C=O) groups excluding carboxylic acids is 1. The van der Waals surface area contributed by atoms with Crippen LogP contribution in [0, 0.1) is 0 Å². The van der Waals surface area contributed by atoms with Crippen LogP contribution in [0.15, 0.2) is 0 Å². The van der Waals surface area contributed by atoms with E-state index in [0.717, 1.165) is 0 Å². The number of nitrogens with one attached hydrogen (secondary N) is 1. The van der Waals surface area contributed by atoms with Gasteiger partial charge in [-0.15, -0.1) is 0 Å². The highest BCUT2D eigenvalue weighted by Crippen LogP contribution is 2.10. The lowest BCUT2D eigenvalue weighted by Gasteiger charge is -2.09. The number of hydrogen-bond acceptors (Lipinski definition) is 5. The van der Waals surface area contributed by atoms with Gasteiger partial charge in [0.05, 0.1) is 24.7 Å². The average Bonchev–Trinajstić information content (AvgIpc) is 2.43. The summed E-state index contributed by atoms with van der Waals surface area (Å²) >= 11 is 0. The zero-order valence-corrected chi connectivity index (χ0v) is 8.97. The minimum Gasteiger partial charge on any atom is -0.465 e. The topological polar surface area (TPSA) is 72.5 Å². The van der Waals surface area contributed by atoms with Crippen molar-refractivity contribution in [3.63, 3.8) is 0 Å². The zero-order chi connectivity index (χ0) is 10.6. The van der Waals surface area contributed by atoms with Crippen molar-refractivity contribution in [2.45, 2.75) is 19.4 Å². The zero-order valence-electron chi connectivity index (χ0n) is 8.15. The number of esters is 1. The van der Waals surface area contributed by atoms with Crippen LogP contribution < -0.4 is 5.32 Å². The van der Waals surface area contributed by atoms with Crippen molar-refractivity contribution in [1.29, 1.82) is 0 Å². The maximum absolute atomic E-state index is 11.1. The fraction of sp³-hybridized carbons (Fsp3) is 0.875. The van der Waals surface area contributed by atoms with Crippen LogP contribution in [0.25, 0.3) is 0 Å². The average molecular weight is 221 g/mol. The molecule has 0 aromatic heterocycles. The first-order valence-corrected chi connectivity index (χ1v) is 6.45. The first-order chi connectivity index (χ1) is 6.53. The van der Waals surface area contributed by atoms with E-state index in [1.54, 1.807) is 6.92 Å². The van der Waals surface area contributed by atoms with Crippen LogP contribution in [0.1, 0.15) is 13.3 Å². The number of hydrogen-bond donors (Lipinski definition) is 1. The van der Waals surface area contributed by atoms with E-state index in [0.29, 0.717) is 13.0 Å². The highest BCUT2D eigenvalue weighted by molar-refractivity contribution is 7.91. The van der Waals surface area contributed by atoms with Crippen LogP contribution in [0.2, 0.25) is 0 Å². The molecule has 1 aliphatic heterocycles. The summed E-state index contributed by atoms with van der Waals surface area (Å²) in [6.45, 7) is 2.18. The maximum atomic E-state index is 11.1. The molecule has 1 heterocycles. The van der Waals surface area contributed by atoms with Gasteiger partial charge < -0.3 is 10.1 Å². The van der Waals surface area contributed by atoms with Crippen molar-refractivity contribution in [3.8, 4) is 0 Å². The Morgan fingerprint density at radius 2 is 2.29 bits per heavy atom. The molecule has 0 saturated carbocycles. The van der Waals surface area contributed by atoms with Crippen molar-refractivity contribution >= 4 is 15.8 Å². The molecule has 82 valence electrons. The molecule has 1 atom stereocenters. The van der Waals surface area contributed by atoms with Crippen LogP contribution in [0.5, 0.6) is 0 Å². The minimum absolute atomic E-state index is 0.0913. The van der Waals surface area contributed by atoms with Crippen molar-refractivity contribution in [2.24, 2.45) is 0 Å². The van der Waals surface area contributed by atoms with Gasteiger partial charge in [0.1, 0.15) is 0 Å². The van der Waals surface area contributed by atoms with E-state index in [1.165, 1.54) is 0 Å². The van der Waals surface area contributed by atoms with Gasteiger partial charge >= 0.3 is 5.97 Å². The first kappa shape index (κ1) is 11.5. The molecule has 0 unspecified atom stereocenters. The fourth-order valence-corrected chi connectivity index (χ4v) is 3.10. The Bertz CT molecular complexity index is 298. The molecule has 0 aromatic carbocycles. The van der Waals surface area contributed by atoms with Crippen molar-refractivity contribution < 1.29 is 17.9 Å². The van der Waals surface area contributed by atoms with Gasteiger partial charge in [-0.25, -0.2) is 8.42 Å². The van der Waals surface area contributed by atoms with E-state index in [9.17, 15) is 13.2 Å². The van der Waals surface area contributed by atoms with Crippen molar-refractivity contribution in [3.05, 3.63) is 0 Å². The number of sulfone groups is 1. The van der Waals surface area contributed by atoms with Gasteiger partial charge in [-0.1, -0.05) is 0 Å². The van der Waals surface area contributed by atoms with E-state index in [2.05, 4.69) is 5.32 Å². The molecular formula is C8H15NO4S. The van der Waals surface area contributed by atoms with Crippen LogP contribution in [-0.4, -0.2) is 45.1 Å². The van der Waals surface area contributed by atoms with Gasteiger partial charge in [0.15, 0.2) is 9.84 Å². The number of carbonyl (C=O) groups is 1. The lowest BCUT2D eigenvalue weighted by atomic mass is 10.3. The SMILES string of the molecule is CCOC(=O)CN[C@@H]1CCS(=O)(=O)C1. The molecule has 1 N–H and O–H groups in total. The van der Waals surface area contributed by atoms with Gasteiger partial charge in [-0.05, 0) is 13.3 Å². The van der Waals surface area contributed by atoms with Crippen molar-refractivity contribution in [2.75, 3.05) is 24.7 Å². The maximum Gasteiger partial charge on any atom is 0.319 e. The second kappa shape index (κ2) is 4.75. The van der Waals surface area contributed by atoms with Crippen LogP contribution >= 0.6 is 0 Å². The molecule has 0 spiro atoms. The summed E-state index contributed by atoms with van der Waals surface area (Å²) in [4.78, 5) is 10.9. The third-order valence-corrected chi connectivity index (χ3v) is 3.84. The van der Waals surface area contributed by atoms with Crippen LogP contribution in [-0.2, 0) is 19.4 Å². The molecule has 0 aromatic rings. The predicted octanol–water partition coefficient (Wildman–Crippen LogP) is -0.674. The molecule has 14 heavy (non-hydrogen) atoms. The molecule has 1 rings (SSSR count). The number of rotatable bonds is 4. The summed E-state index contributed by atoms with van der Waals surface area (Å²) in [7, 11) is -2.87. The van der Waals surface area contributed by atoms with E-state index < -0.39 is 9.84 Å². The van der Waals surface area contributed by atoms with Crippen molar-refractivity contribution in [1.82, 2.24) is 5.32 Å². The van der Waals surface area contributed by atoms with Gasteiger partial charge in [0.25, 0.3) is 0 Å². The third kappa shape index (κ3) is 3.63. The summed E-state index contributed by atoms with van der Waals surface area (Å²) in [5.74, 6) is 0.0108. The standard InChI is InChI=1S/C8H15NO4S/c1-2-13-8(10)5-9-7-3-4-14(11,12)6-7/h7,9H,2-6H2,1H3/t7-/m1/s1. The normalized spacial score (nSPS) is 24.8. The Hall–Kier alpha value is -0.620. The summed E-state index contributed by atoms with van der Waals surface area (Å²) in [6.07, 6.45) is 0.585. The predicted molar refractivity (Wildman–Crippen MR) is 51.7 cm³/mol. The molecule has 1 aliphatic rings.